The van der Waals surface area contributed by atoms with Crippen LogP contribution < -0.4 is 15.4 Å². The standard InChI is InChI=1S/C14H16N2O3/c1-10(17)15-7-3-2-4-11-5-6-12-13(8-11)19-9-14(18)16-12/h2,4-6,8H,3,7,9H2,1H3,(H,15,17)(H,16,18). The minimum atomic E-state index is -0.133. The van der Waals surface area contributed by atoms with Gasteiger partial charge in [-0.2, -0.15) is 0 Å². The fraction of sp³-hybridized carbons (Fsp3) is 0.286. The number of carbonyl (C=O) groups is 2. The second-order valence-corrected chi connectivity index (χ2v) is 4.27. The van der Waals surface area contributed by atoms with Crippen LogP contribution in [-0.2, 0) is 9.59 Å². The molecular formula is C14H16N2O3. The number of anilines is 1. The van der Waals surface area contributed by atoms with Crippen molar-refractivity contribution >= 4 is 23.6 Å². The quantitative estimate of drug-likeness (QED) is 0.807. The molecule has 0 saturated carbocycles. The van der Waals surface area contributed by atoms with Gasteiger partial charge in [0.25, 0.3) is 5.91 Å². The van der Waals surface area contributed by atoms with Gasteiger partial charge in [0.05, 0.1) is 5.69 Å². The van der Waals surface area contributed by atoms with Gasteiger partial charge in [0.2, 0.25) is 5.91 Å². The van der Waals surface area contributed by atoms with Crippen LogP contribution in [0.5, 0.6) is 5.75 Å². The van der Waals surface area contributed by atoms with E-state index in [0.717, 1.165) is 12.0 Å². The van der Waals surface area contributed by atoms with Crippen LogP contribution in [0.3, 0.4) is 0 Å². The van der Waals surface area contributed by atoms with Crippen LogP contribution in [0.4, 0.5) is 5.69 Å². The first kappa shape index (κ1) is 13.1. The van der Waals surface area contributed by atoms with Crippen molar-refractivity contribution in [2.45, 2.75) is 13.3 Å². The van der Waals surface area contributed by atoms with Gasteiger partial charge in [-0.3, -0.25) is 9.59 Å². The summed E-state index contributed by atoms with van der Waals surface area (Å²) in [5, 5.41) is 5.46. The zero-order chi connectivity index (χ0) is 13.7. The summed E-state index contributed by atoms with van der Waals surface area (Å²) >= 11 is 0. The second kappa shape index (κ2) is 6.04. The molecule has 0 radical (unpaired) electrons. The number of hydrogen-bond donors (Lipinski definition) is 2. The summed E-state index contributed by atoms with van der Waals surface area (Å²) in [4.78, 5) is 21.8. The van der Waals surface area contributed by atoms with E-state index in [-0.39, 0.29) is 18.4 Å². The monoisotopic (exact) mass is 260 g/mol. The molecule has 2 N–H and O–H groups in total. The van der Waals surface area contributed by atoms with Crippen LogP contribution in [0.2, 0.25) is 0 Å². The molecule has 1 aliphatic heterocycles. The minimum absolute atomic E-state index is 0.0219. The predicted octanol–water partition coefficient (Wildman–Crippen LogP) is 1.56. The van der Waals surface area contributed by atoms with Crippen molar-refractivity contribution in [3.05, 3.63) is 29.8 Å². The van der Waals surface area contributed by atoms with Gasteiger partial charge >= 0.3 is 0 Å². The zero-order valence-electron chi connectivity index (χ0n) is 10.7. The number of fused-ring (bicyclic) bond motifs is 1. The van der Waals surface area contributed by atoms with Crippen molar-refractivity contribution < 1.29 is 14.3 Å². The van der Waals surface area contributed by atoms with E-state index in [0.29, 0.717) is 18.0 Å². The summed E-state index contributed by atoms with van der Waals surface area (Å²) in [5.41, 5.74) is 1.70. The number of carbonyl (C=O) groups excluding carboxylic acids is 2. The molecule has 2 amide bonds. The fourth-order valence-electron chi connectivity index (χ4n) is 1.75. The smallest absolute Gasteiger partial charge is 0.262 e. The first-order valence-corrected chi connectivity index (χ1v) is 6.13. The molecule has 1 heterocycles. The third-order valence-electron chi connectivity index (χ3n) is 2.63. The molecule has 0 fully saturated rings. The maximum absolute atomic E-state index is 11.1. The second-order valence-electron chi connectivity index (χ2n) is 4.27. The molecule has 0 aromatic heterocycles. The number of benzene rings is 1. The largest absolute Gasteiger partial charge is 0.482 e. The summed E-state index contributed by atoms with van der Waals surface area (Å²) in [6.45, 7) is 2.19. The first-order valence-electron chi connectivity index (χ1n) is 6.13. The number of hydrogen-bond acceptors (Lipinski definition) is 3. The molecule has 100 valence electrons. The Bertz CT molecular complexity index is 523. The highest BCUT2D eigenvalue weighted by Gasteiger charge is 2.15. The molecule has 0 aliphatic carbocycles. The van der Waals surface area contributed by atoms with E-state index in [9.17, 15) is 9.59 Å². The highest BCUT2D eigenvalue weighted by molar-refractivity contribution is 5.95. The van der Waals surface area contributed by atoms with Gasteiger partial charge in [0.15, 0.2) is 6.61 Å². The number of rotatable bonds is 4. The van der Waals surface area contributed by atoms with Crippen molar-refractivity contribution in [2.75, 3.05) is 18.5 Å². The molecule has 0 unspecified atom stereocenters. The Hall–Kier alpha value is -2.30. The van der Waals surface area contributed by atoms with Gasteiger partial charge in [0.1, 0.15) is 5.75 Å². The topological polar surface area (TPSA) is 67.4 Å². The summed E-state index contributed by atoms with van der Waals surface area (Å²) in [5.74, 6) is 0.529. The van der Waals surface area contributed by atoms with Crippen molar-refractivity contribution in [3.8, 4) is 5.75 Å². The first-order chi connectivity index (χ1) is 9.15. The van der Waals surface area contributed by atoms with E-state index >= 15 is 0 Å². The van der Waals surface area contributed by atoms with Crippen LogP contribution in [0.1, 0.15) is 18.9 Å². The Morgan fingerprint density at radius 2 is 2.37 bits per heavy atom. The normalized spacial score (nSPS) is 13.6. The van der Waals surface area contributed by atoms with Crippen LogP contribution in [0.15, 0.2) is 24.3 Å². The molecule has 0 saturated heterocycles. The SMILES string of the molecule is CC(=O)NCCC=Cc1ccc2c(c1)OCC(=O)N2. The maximum Gasteiger partial charge on any atom is 0.262 e. The average molecular weight is 260 g/mol. The third-order valence-corrected chi connectivity index (χ3v) is 2.63. The lowest BCUT2D eigenvalue weighted by atomic mass is 10.1. The maximum atomic E-state index is 11.1. The number of ether oxygens (including phenoxy) is 1. The Kier molecular flexibility index (Phi) is 4.18. The highest BCUT2D eigenvalue weighted by atomic mass is 16.5. The molecule has 1 aliphatic rings. The van der Waals surface area contributed by atoms with E-state index in [1.807, 2.05) is 30.4 Å². The highest BCUT2D eigenvalue weighted by Crippen LogP contribution is 2.28. The molecule has 2 rings (SSSR count). The van der Waals surface area contributed by atoms with Gasteiger partial charge in [-0.15, -0.1) is 0 Å². The third kappa shape index (κ3) is 3.84. The van der Waals surface area contributed by atoms with Gasteiger partial charge in [0, 0.05) is 13.5 Å². The van der Waals surface area contributed by atoms with E-state index in [1.54, 1.807) is 0 Å². The molecular weight excluding hydrogens is 244 g/mol. The molecule has 19 heavy (non-hydrogen) atoms. The number of amides is 2. The predicted molar refractivity (Wildman–Crippen MR) is 72.9 cm³/mol. The Morgan fingerprint density at radius 3 is 3.16 bits per heavy atom. The lowest BCUT2D eigenvalue weighted by Gasteiger charge is -2.17. The van der Waals surface area contributed by atoms with Crippen LogP contribution in [-0.4, -0.2) is 25.0 Å². The molecule has 0 atom stereocenters. The van der Waals surface area contributed by atoms with Crippen molar-refractivity contribution in [1.82, 2.24) is 5.32 Å². The number of nitrogens with one attached hydrogen (secondary N) is 2. The Balaban J connectivity index is 1.93. The van der Waals surface area contributed by atoms with Crippen LogP contribution in [0.25, 0.3) is 6.08 Å². The minimum Gasteiger partial charge on any atom is -0.482 e. The molecule has 1 aromatic carbocycles. The van der Waals surface area contributed by atoms with Gasteiger partial charge in [-0.25, -0.2) is 0 Å². The van der Waals surface area contributed by atoms with E-state index in [4.69, 9.17) is 4.74 Å². The Labute approximate surface area is 111 Å². The molecule has 5 nitrogen and oxygen atoms in total. The molecule has 1 aromatic rings. The lowest BCUT2D eigenvalue weighted by molar-refractivity contribution is -0.119. The summed E-state index contributed by atoms with van der Waals surface area (Å²) in [6.07, 6.45) is 4.72. The molecule has 0 bridgehead atoms. The van der Waals surface area contributed by atoms with E-state index in [2.05, 4.69) is 10.6 Å². The average Bonchev–Trinajstić information content (AvgIpc) is 2.38. The van der Waals surface area contributed by atoms with Gasteiger partial charge in [-0.05, 0) is 24.1 Å². The molecule has 0 spiro atoms. The van der Waals surface area contributed by atoms with E-state index < -0.39 is 0 Å². The van der Waals surface area contributed by atoms with Gasteiger partial charge < -0.3 is 15.4 Å². The van der Waals surface area contributed by atoms with Crippen molar-refractivity contribution in [2.24, 2.45) is 0 Å². The fourth-order valence-corrected chi connectivity index (χ4v) is 1.75. The Morgan fingerprint density at radius 1 is 1.53 bits per heavy atom. The van der Waals surface area contributed by atoms with Crippen LogP contribution in [0, 0.1) is 0 Å². The van der Waals surface area contributed by atoms with Crippen molar-refractivity contribution in [3.63, 3.8) is 0 Å². The lowest BCUT2D eigenvalue weighted by Crippen LogP contribution is -2.25. The van der Waals surface area contributed by atoms with Crippen LogP contribution >= 0.6 is 0 Å². The zero-order valence-corrected chi connectivity index (χ0v) is 10.7. The summed E-state index contributed by atoms with van der Waals surface area (Å²) < 4.78 is 5.33. The molecule has 5 heteroatoms. The summed E-state index contributed by atoms with van der Waals surface area (Å²) in [7, 11) is 0. The van der Waals surface area contributed by atoms with E-state index in [1.165, 1.54) is 6.92 Å². The van der Waals surface area contributed by atoms with Gasteiger partial charge in [-0.1, -0.05) is 18.2 Å². The van der Waals surface area contributed by atoms with Crippen molar-refractivity contribution in [1.29, 1.82) is 0 Å². The summed E-state index contributed by atoms with van der Waals surface area (Å²) in [6, 6.07) is 5.60.